The van der Waals surface area contributed by atoms with Crippen LogP contribution < -0.4 is 11.1 Å². The van der Waals surface area contributed by atoms with E-state index in [4.69, 9.17) is 5.73 Å². The third-order valence-corrected chi connectivity index (χ3v) is 3.95. The molecule has 1 heterocycles. The van der Waals surface area contributed by atoms with E-state index in [2.05, 4.69) is 32.7 Å². The zero-order valence-electron chi connectivity index (χ0n) is 11.0. The molecule has 1 saturated heterocycles. The van der Waals surface area contributed by atoms with Crippen molar-refractivity contribution < 1.29 is 5.11 Å². The number of nitrogen functional groups attached to an aromatic ring is 1. The van der Waals surface area contributed by atoms with E-state index in [-0.39, 0.29) is 36.6 Å². The maximum Gasteiger partial charge on any atom is 0.144 e. The first kappa shape index (κ1) is 19.5. The van der Waals surface area contributed by atoms with Gasteiger partial charge >= 0.3 is 0 Å². The Labute approximate surface area is 140 Å². The highest BCUT2D eigenvalue weighted by molar-refractivity contribution is 9.10. The molecule has 7 heteroatoms. The van der Waals surface area contributed by atoms with Crippen molar-refractivity contribution in [1.82, 2.24) is 10.2 Å². The van der Waals surface area contributed by atoms with Crippen molar-refractivity contribution in [1.29, 1.82) is 0 Å². The summed E-state index contributed by atoms with van der Waals surface area (Å²) in [6.07, 6.45) is 1.85. The van der Waals surface area contributed by atoms with Crippen LogP contribution in [0.4, 0.5) is 5.69 Å². The highest BCUT2D eigenvalue weighted by Gasteiger charge is 2.24. The molecule has 0 unspecified atom stereocenters. The van der Waals surface area contributed by atoms with Crippen molar-refractivity contribution in [2.45, 2.75) is 6.04 Å². The van der Waals surface area contributed by atoms with Gasteiger partial charge in [-0.25, -0.2) is 0 Å². The van der Waals surface area contributed by atoms with E-state index in [1.807, 2.05) is 12.1 Å². The fourth-order valence-corrected chi connectivity index (χ4v) is 2.85. The summed E-state index contributed by atoms with van der Waals surface area (Å²) >= 11 is 3.48. The number of aromatic hydroxyl groups is 1. The number of nitrogens with zero attached hydrogens (tertiary/aromatic N) is 1. The SMILES string of the molecule is C=C[C@H](c1c(Br)ccc(N)c1O)N1CCNCC1.Cl.Cl. The molecular weight excluding hydrogens is 365 g/mol. The predicted molar refractivity (Wildman–Crippen MR) is 92.1 cm³/mol. The molecule has 4 N–H and O–H groups in total. The summed E-state index contributed by atoms with van der Waals surface area (Å²) < 4.78 is 0.859. The maximum atomic E-state index is 10.2. The Bertz CT molecular complexity index is 453. The number of hydrogen-bond acceptors (Lipinski definition) is 4. The summed E-state index contributed by atoms with van der Waals surface area (Å²) in [5, 5.41) is 13.5. The summed E-state index contributed by atoms with van der Waals surface area (Å²) in [7, 11) is 0. The lowest BCUT2D eigenvalue weighted by atomic mass is 10.0. The van der Waals surface area contributed by atoms with E-state index in [0.717, 1.165) is 36.2 Å². The monoisotopic (exact) mass is 383 g/mol. The molecule has 1 aliphatic rings. The minimum atomic E-state index is -0.0232. The van der Waals surface area contributed by atoms with E-state index in [1.165, 1.54) is 0 Å². The number of phenols is 1. The first-order valence-corrected chi connectivity index (χ1v) is 6.78. The zero-order chi connectivity index (χ0) is 13.1. The minimum Gasteiger partial charge on any atom is -0.505 e. The molecule has 0 saturated carbocycles. The molecule has 0 radical (unpaired) electrons. The Morgan fingerprint density at radius 1 is 1.35 bits per heavy atom. The van der Waals surface area contributed by atoms with Crippen molar-refractivity contribution in [2.75, 3.05) is 31.9 Å². The number of nitrogens with one attached hydrogen (secondary N) is 1. The van der Waals surface area contributed by atoms with Crippen LogP contribution in [-0.2, 0) is 0 Å². The van der Waals surface area contributed by atoms with Gasteiger partial charge in [0.2, 0.25) is 0 Å². The quantitative estimate of drug-likeness (QED) is 0.426. The van der Waals surface area contributed by atoms with Crippen molar-refractivity contribution >= 4 is 46.4 Å². The number of halogens is 3. The third-order valence-electron chi connectivity index (χ3n) is 3.26. The lowest BCUT2D eigenvalue weighted by Crippen LogP contribution is -2.44. The smallest absolute Gasteiger partial charge is 0.144 e. The molecule has 1 aromatic carbocycles. The van der Waals surface area contributed by atoms with Gasteiger partial charge in [-0.05, 0) is 12.1 Å². The summed E-state index contributed by atoms with van der Waals surface area (Å²) in [5.41, 5.74) is 6.97. The summed E-state index contributed by atoms with van der Waals surface area (Å²) in [6, 6.07) is 3.54. The molecule has 2 rings (SSSR count). The first-order valence-electron chi connectivity index (χ1n) is 5.99. The predicted octanol–water partition coefficient (Wildman–Crippen LogP) is 2.71. The van der Waals surface area contributed by atoms with E-state index < -0.39 is 0 Å². The van der Waals surface area contributed by atoms with Gasteiger partial charge in [0, 0.05) is 36.2 Å². The second-order valence-corrected chi connectivity index (χ2v) is 5.22. The Morgan fingerprint density at radius 2 is 1.95 bits per heavy atom. The van der Waals surface area contributed by atoms with Crippen LogP contribution >= 0.6 is 40.7 Å². The molecule has 20 heavy (non-hydrogen) atoms. The Balaban J connectivity index is 0.00000180. The molecule has 0 aromatic heterocycles. The topological polar surface area (TPSA) is 61.5 Å². The maximum absolute atomic E-state index is 10.2. The lowest BCUT2D eigenvalue weighted by Gasteiger charge is -2.34. The number of nitrogens with two attached hydrogens (primary N) is 1. The van der Waals surface area contributed by atoms with Gasteiger partial charge in [-0.2, -0.15) is 0 Å². The molecule has 1 atom stereocenters. The van der Waals surface area contributed by atoms with E-state index in [9.17, 15) is 5.11 Å². The average Bonchev–Trinajstić information content (AvgIpc) is 2.40. The van der Waals surface area contributed by atoms with Gasteiger partial charge < -0.3 is 16.2 Å². The standard InChI is InChI=1S/C13H18BrN3O.2ClH/c1-2-11(17-7-5-16-6-8-17)12-9(14)3-4-10(15)13(12)18;;/h2-4,11,16,18H,1,5-8,15H2;2*1H/t11-;;/m1../s1. The van der Waals surface area contributed by atoms with Gasteiger partial charge in [-0.3, -0.25) is 4.90 Å². The number of benzene rings is 1. The minimum absolute atomic E-state index is 0. The van der Waals surface area contributed by atoms with E-state index in [0.29, 0.717) is 5.69 Å². The summed E-state index contributed by atoms with van der Waals surface area (Å²) in [5.74, 6) is 0.146. The molecule has 0 spiro atoms. The highest BCUT2D eigenvalue weighted by Crippen LogP contribution is 2.39. The fraction of sp³-hybridized carbons (Fsp3) is 0.385. The van der Waals surface area contributed by atoms with Crippen LogP contribution in [0.15, 0.2) is 29.3 Å². The molecule has 1 fully saturated rings. The fourth-order valence-electron chi connectivity index (χ4n) is 2.29. The molecule has 1 aromatic rings. The van der Waals surface area contributed by atoms with Crippen molar-refractivity contribution in [3.63, 3.8) is 0 Å². The molecule has 4 nitrogen and oxygen atoms in total. The van der Waals surface area contributed by atoms with Crippen LogP contribution in [0.25, 0.3) is 0 Å². The van der Waals surface area contributed by atoms with Gasteiger partial charge in [-0.1, -0.05) is 22.0 Å². The lowest BCUT2D eigenvalue weighted by molar-refractivity contribution is 0.200. The molecule has 114 valence electrons. The van der Waals surface area contributed by atoms with Crippen LogP contribution in [0.3, 0.4) is 0 Å². The van der Waals surface area contributed by atoms with Crippen LogP contribution in [-0.4, -0.2) is 36.2 Å². The Hall–Kier alpha value is -0.460. The molecular formula is C13H20BrCl2N3O. The van der Waals surface area contributed by atoms with Gasteiger partial charge in [0.25, 0.3) is 0 Å². The van der Waals surface area contributed by atoms with Gasteiger partial charge in [0.05, 0.1) is 11.7 Å². The second kappa shape index (κ2) is 8.74. The van der Waals surface area contributed by atoms with Gasteiger partial charge in [0.1, 0.15) is 5.75 Å². The van der Waals surface area contributed by atoms with Crippen LogP contribution in [0.5, 0.6) is 5.75 Å². The van der Waals surface area contributed by atoms with Gasteiger partial charge in [0.15, 0.2) is 0 Å². The van der Waals surface area contributed by atoms with Gasteiger partial charge in [-0.15, -0.1) is 31.4 Å². The average molecular weight is 385 g/mol. The largest absolute Gasteiger partial charge is 0.505 e. The van der Waals surface area contributed by atoms with Crippen molar-refractivity contribution in [2.24, 2.45) is 0 Å². The number of anilines is 1. The normalized spacial score (nSPS) is 16.6. The van der Waals surface area contributed by atoms with Crippen LogP contribution in [0, 0.1) is 0 Å². The number of hydrogen-bond donors (Lipinski definition) is 3. The van der Waals surface area contributed by atoms with Crippen molar-refractivity contribution in [3.8, 4) is 5.75 Å². The highest BCUT2D eigenvalue weighted by atomic mass is 79.9. The molecule has 0 aliphatic carbocycles. The molecule has 0 bridgehead atoms. The van der Waals surface area contributed by atoms with Crippen LogP contribution in [0.1, 0.15) is 11.6 Å². The second-order valence-electron chi connectivity index (χ2n) is 4.37. The number of piperazine rings is 1. The van der Waals surface area contributed by atoms with Crippen LogP contribution in [0.2, 0.25) is 0 Å². The Morgan fingerprint density at radius 3 is 2.50 bits per heavy atom. The first-order chi connectivity index (χ1) is 8.65. The Kier molecular flexibility index (Phi) is 8.54. The third kappa shape index (κ3) is 4.02. The number of rotatable bonds is 3. The zero-order valence-corrected chi connectivity index (χ0v) is 14.2. The molecule has 1 aliphatic heterocycles. The summed E-state index contributed by atoms with van der Waals surface area (Å²) in [4.78, 5) is 2.28. The van der Waals surface area contributed by atoms with E-state index >= 15 is 0 Å². The molecule has 0 amide bonds. The van der Waals surface area contributed by atoms with E-state index in [1.54, 1.807) is 6.07 Å². The number of phenolic OH excluding ortho intramolecular Hbond substituents is 1. The van der Waals surface area contributed by atoms with Crippen molar-refractivity contribution in [3.05, 3.63) is 34.8 Å². The summed E-state index contributed by atoms with van der Waals surface area (Å²) in [6.45, 7) is 7.64.